The number of nitro benzene ring substituents is 1. The first-order valence-electron chi connectivity index (χ1n) is 9.10. The molecule has 1 atom stereocenters. The summed E-state index contributed by atoms with van der Waals surface area (Å²) in [6.07, 6.45) is 0. The number of rotatable bonds is 9. The van der Waals surface area contributed by atoms with Crippen molar-refractivity contribution in [2.75, 3.05) is 18.4 Å². The standard InChI is InChI=1S/C20H23FN4O4/c1-13(2)18(24-19(26)14-3-5-15(21)6-4-14)20(27)23-12-11-22-16-7-9-17(10-8-16)25(28)29/h3-10,13,18,22H,11-12H2,1-2H3,(H,23,27)(H,24,26)/t18-/m0/s1. The van der Waals surface area contributed by atoms with Gasteiger partial charge in [0.05, 0.1) is 4.92 Å². The molecule has 29 heavy (non-hydrogen) atoms. The van der Waals surface area contributed by atoms with Gasteiger partial charge in [-0.3, -0.25) is 19.7 Å². The van der Waals surface area contributed by atoms with Crippen LogP contribution in [0.1, 0.15) is 24.2 Å². The molecular weight excluding hydrogens is 379 g/mol. The van der Waals surface area contributed by atoms with Crippen LogP contribution in [0.15, 0.2) is 48.5 Å². The van der Waals surface area contributed by atoms with Gasteiger partial charge in [0.1, 0.15) is 11.9 Å². The number of hydrogen-bond donors (Lipinski definition) is 3. The van der Waals surface area contributed by atoms with E-state index < -0.39 is 22.7 Å². The molecule has 0 spiro atoms. The number of nitrogens with zero attached hydrogens (tertiary/aromatic N) is 1. The predicted molar refractivity (Wildman–Crippen MR) is 107 cm³/mol. The SMILES string of the molecule is CC(C)[C@H](NC(=O)c1ccc(F)cc1)C(=O)NCCNc1ccc([N+](=O)[O-])cc1. The van der Waals surface area contributed by atoms with E-state index in [9.17, 15) is 24.1 Å². The number of carbonyl (C=O) groups is 2. The first kappa shape index (κ1) is 21.8. The van der Waals surface area contributed by atoms with Gasteiger partial charge in [0.2, 0.25) is 5.91 Å². The summed E-state index contributed by atoms with van der Waals surface area (Å²) in [6, 6.07) is 10.3. The van der Waals surface area contributed by atoms with E-state index in [0.717, 1.165) is 0 Å². The monoisotopic (exact) mass is 402 g/mol. The second-order valence-electron chi connectivity index (χ2n) is 6.72. The zero-order valence-corrected chi connectivity index (χ0v) is 16.1. The van der Waals surface area contributed by atoms with Gasteiger partial charge in [0.25, 0.3) is 11.6 Å². The third-order valence-electron chi connectivity index (χ3n) is 4.17. The molecule has 0 aliphatic rings. The summed E-state index contributed by atoms with van der Waals surface area (Å²) in [5.74, 6) is -1.38. The summed E-state index contributed by atoms with van der Waals surface area (Å²) in [7, 11) is 0. The van der Waals surface area contributed by atoms with E-state index in [0.29, 0.717) is 18.8 Å². The molecule has 2 aromatic rings. The van der Waals surface area contributed by atoms with Crippen LogP contribution in [0, 0.1) is 21.8 Å². The molecule has 2 aromatic carbocycles. The molecule has 0 aromatic heterocycles. The quantitative estimate of drug-likeness (QED) is 0.339. The largest absolute Gasteiger partial charge is 0.383 e. The third-order valence-corrected chi connectivity index (χ3v) is 4.17. The maximum Gasteiger partial charge on any atom is 0.269 e. The number of amides is 2. The molecule has 154 valence electrons. The molecule has 0 unspecified atom stereocenters. The molecule has 0 aliphatic heterocycles. The van der Waals surface area contributed by atoms with E-state index in [1.165, 1.54) is 36.4 Å². The zero-order chi connectivity index (χ0) is 21.4. The molecule has 0 heterocycles. The molecule has 0 saturated heterocycles. The lowest BCUT2D eigenvalue weighted by Crippen LogP contribution is -2.50. The molecule has 0 fully saturated rings. The van der Waals surface area contributed by atoms with Gasteiger partial charge < -0.3 is 16.0 Å². The van der Waals surface area contributed by atoms with Crippen LogP contribution < -0.4 is 16.0 Å². The van der Waals surface area contributed by atoms with E-state index >= 15 is 0 Å². The fraction of sp³-hybridized carbons (Fsp3) is 0.300. The number of hydrogen-bond acceptors (Lipinski definition) is 5. The Balaban J connectivity index is 1.83. The van der Waals surface area contributed by atoms with Crippen molar-refractivity contribution in [3.63, 3.8) is 0 Å². The highest BCUT2D eigenvalue weighted by Crippen LogP contribution is 2.15. The van der Waals surface area contributed by atoms with Crippen LogP contribution in [0.4, 0.5) is 15.8 Å². The number of carbonyl (C=O) groups excluding carboxylic acids is 2. The average molecular weight is 402 g/mol. The fourth-order valence-corrected chi connectivity index (χ4v) is 2.56. The third kappa shape index (κ3) is 6.56. The van der Waals surface area contributed by atoms with Gasteiger partial charge in [-0.15, -0.1) is 0 Å². The van der Waals surface area contributed by atoms with Crippen molar-refractivity contribution in [3.8, 4) is 0 Å². The normalized spacial score (nSPS) is 11.6. The number of nitrogens with one attached hydrogen (secondary N) is 3. The van der Waals surface area contributed by atoms with Crippen molar-refractivity contribution in [2.24, 2.45) is 5.92 Å². The van der Waals surface area contributed by atoms with Crippen molar-refractivity contribution >= 4 is 23.2 Å². The molecular formula is C20H23FN4O4. The first-order valence-corrected chi connectivity index (χ1v) is 9.10. The minimum Gasteiger partial charge on any atom is -0.383 e. The van der Waals surface area contributed by atoms with Gasteiger partial charge in [-0.25, -0.2) is 4.39 Å². The van der Waals surface area contributed by atoms with Crippen LogP contribution in [0.3, 0.4) is 0 Å². The highest BCUT2D eigenvalue weighted by atomic mass is 19.1. The lowest BCUT2D eigenvalue weighted by molar-refractivity contribution is -0.384. The summed E-state index contributed by atoms with van der Waals surface area (Å²) in [5, 5.41) is 19.1. The smallest absolute Gasteiger partial charge is 0.269 e. The molecule has 0 saturated carbocycles. The molecule has 3 N–H and O–H groups in total. The maximum absolute atomic E-state index is 13.0. The molecule has 9 heteroatoms. The summed E-state index contributed by atoms with van der Waals surface area (Å²) in [4.78, 5) is 34.9. The molecule has 2 amide bonds. The Morgan fingerprint density at radius 3 is 2.21 bits per heavy atom. The number of halogens is 1. The molecule has 0 aliphatic carbocycles. The predicted octanol–water partition coefficient (Wildman–Crippen LogP) is 2.72. The summed E-state index contributed by atoms with van der Waals surface area (Å²) < 4.78 is 13.0. The van der Waals surface area contributed by atoms with Crippen LogP contribution in [0.5, 0.6) is 0 Å². The fourth-order valence-electron chi connectivity index (χ4n) is 2.56. The zero-order valence-electron chi connectivity index (χ0n) is 16.1. The van der Waals surface area contributed by atoms with E-state index in [-0.39, 0.29) is 23.1 Å². The van der Waals surface area contributed by atoms with E-state index in [4.69, 9.17) is 0 Å². The Morgan fingerprint density at radius 2 is 1.66 bits per heavy atom. The molecule has 0 bridgehead atoms. The van der Waals surface area contributed by atoms with Crippen LogP contribution in [-0.2, 0) is 4.79 Å². The minimum absolute atomic E-state index is 0.000485. The maximum atomic E-state index is 13.0. The van der Waals surface area contributed by atoms with Crippen molar-refractivity contribution in [1.82, 2.24) is 10.6 Å². The Bertz CT molecular complexity index is 854. The van der Waals surface area contributed by atoms with Crippen molar-refractivity contribution in [2.45, 2.75) is 19.9 Å². The second kappa shape index (κ2) is 10.2. The van der Waals surface area contributed by atoms with Gasteiger partial charge in [-0.2, -0.15) is 0 Å². The van der Waals surface area contributed by atoms with E-state index in [1.807, 2.05) is 13.8 Å². The molecule has 2 rings (SSSR count). The van der Waals surface area contributed by atoms with Gasteiger partial charge >= 0.3 is 0 Å². The topological polar surface area (TPSA) is 113 Å². The highest BCUT2D eigenvalue weighted by Gasteiger charge is 2.24. The van der Waals surface area contributed by atoms with Gasteiger partial charge in [-0.05, 0) is 42.3 Å². The second-order valence-corrected chi connectivity index (χ2v) is 6.72. The van der Waals surface area contributed by atoms with Gasteiger partial charge in [0, 0.05) is 36.5 Å². The van der Waals surface area contributed by atoms with Crippen molar-refractivity contribution in [3.05, 3.63) is 70.0 Å². The Kier molecular flexibility index (Phi) is 7.64. The lowest BCUT2D eigenvalue weighted by Gasteiger charge is -2.22. The van der Waals surface area contributed by atoms with Crippen LogP contribution in [0.25, 0.3) is 0 Å². The Morgan fingerprint density at radius 1 is 1.03 bits per heavy atom. The molecule has 8 nitrogen and oxygen atoms in total. The number of non-ortho nitro benzene ring substituents is 1. The summed E-state index contributed by atoms with van der Waals surface area (Å²) in [5.41, 5.74) is 0.958. The number of nitro groups is 1. The van der Waals surface area contributed by atoms with Crippen LogP contribution >= 0.6 is 0 Å². The van der Waals surface area contributed by atoms with E-state index in [1.54, 1.807) is 12.1 Å². The lowest BCUT2D eigenvalue weighted by atomic mass is 10.0. The number of anilines is 1. The number of benzene rings is 2. The van der Waals surface area contributed by atoms with Gasteiger partial charge in [0.15, 0.2) is 0 Å². The van der Waals surface area contributed by atoms with Gasteiger partial charge in [-0.1, -0.05) is 13.8 Å². The summed E-state index contributed by atoms with van der Waals surface area (Å²) in [6.45, 7) is 4.32. The average Bonchev–Trinajstić information content (AvgIpc) is 2.69. The highest BCUT2D eigenvalue weighted by molar-refractivity contribution is 5.97. The van der Waals surface area contributed by atoms with Crippen LogP contribution in [-0.4, -0.2) is 35.9 Å². The Hall–Kier alpha value is -3.49. The van der Waals surface area contributed by atoms with Crippen molar-refractivity contribution < 1.29 is 18.9 Å². The van der Waals surface area contributed by atoms with Crippen LogP contribution in [0.2, 0.25) is 0 Å². The van der Waals surface area contributed by atoms with Crippen molar-refractivity contribution in [1.29, 1.82) is 0 Å². The minimum atomic E-state index is -0.744. The Labute approximate surface area is 167 Å². The van der Waals surface area contributed by atoms with E-state index in [2.05, 4.69) is 16.0 Å². The summed E-state index contributed by atoms with van der Waals surface area (Å²) >= 11 is 0. The first-order chi connectivity index (χ1) is 13.8. The molecule has 0 radical (unpaired) electrons.